The van der Waals surface area contributed by atoms with Crippen LogP contribution in [0.4, 0.5) is 0 Å². The van der Waals surface area contributed by atoms with E-state index in [1.807, 2.05) is 20.8 Å². The minimum Gasteiger partial charge on any atom is -0.467 e. The van der Waals surface area contributed by atoms with E-state index >= 15 is 0 Å². The molecule has 2 N–H and O–H groups in total. The van der Waals surface area contributed by atoms with Crippen molar-refractivity contribution in [1.29, 1.82) is 0 Å². The molecular formula is C17H27NO3. The van der Waals surface area contributed by atoms with Crippen LogP contribution in [0, 0.1) is 11.3 Å². The van der Waals surface area contributed by atoms with Crippen LogP contribution in [0.15, 0.2) is 22.8 Å². The van der Waals surface area contributed by atoms with E-state index in [9.17, 15) is 9.90 Å². The standard InChI is InChI=1S/C17H27NO3/c1-12(11-14(19)15-9-6-10-21-15)18-16(20)17(2,3)13-7-4-5-8-13/h6,9-10,12-14,19H,4-5,7-8,11H2,1-3H3,(H,18,20). The average Bonchev–Trinajstić information content (AvgIpc) is 3.12. The first kappa shape index (κ1) is 16.1. The largest absolute Gasteiger partial charge is 0.467 e. The molecule has 1 aromatic heterocycles. The van der Waals surface area contributed by atoms with E-state index in [-0.39, 0.29) is 17.4 Å². The van der Waals surface area contributed by atoms with Gasteiger partial charge in [-0.3, -0.25) is 4.79 Å². The van der Waals surface area contributed by atoms with Gasteiger partial charge in [-0.05, 0) is 37.8 Å². The van der Waals surface area contributed by atoms with Gasteiger partial charge in [-0.15, -0.1) is 0 Å². The number of aliphatic hydroxyl groups excluding tert-OH is 1. The first-order valence-corrected chi connectivity index (χ1v) is 7.93. The summed E-state index contributed by atoms with van der Waals surface area (Å²) in [6.07, 6.45) is 6.07. The molecule has 2 rings (SSSR count). The van der Waals surface area contributed by atoms with Crippen LogP contribution >= 0.6 is 0 Å². The minimum atomic E-state index is -0.676. The van der Waals surface area contributed by atoms with Gasteiger partial charge in [0.15, 0.2) is 0 Å². The van der Waals surface area contributed by atoms with Gasteiger partial charge >= 0.3 is 0 Å². The van der Waals surface area contributed by atoms with Gasteiger partial charge in [0.25, 0.3) is 0 Å². The molecular weight excluding hydrogens is 266 g/mol. The van der Waals surface area contributed by atoms with Crippen molar-refractivity contribution in [3.8, 4) is 0 Å². The van der Waals surface area contributed by atoms with Crippen molar-refractivity contribution in [3.05, 3.63) is 24.2 Å². The van der Waals surface area contributed by atoms with E-state index in [1.165, 1.54) is 12.8 Å². The number of furan rings is 1. The average molecular weight is 293 g/mol. The summed E-state index contributed by atoms with van der Waals surface area (Å²) in [7, 11) is 0. The number of carbonyl (C=O) groups excluding carboxylic acids is 1. The van der Waals surface area contributed by atoms with Gasteiger partial charge in [-0.2, -0.15) is 0 Å². The summed E-state index contributed by atoms with van der Waals surface area (Å²) in [6, 6.07) is 3.42. The van der Waals surface area contributed by atoms with E-state index in [1.54, 1.807) is 18.4 Å². The van der Waals surface area contributed by atoms with Gasteiger partial charge in [0.1, 0.15) is 11.9 Å². The Bertz CT molecular complexity index is 447. The molecule has 1 amide bonds. The molecule has 2 atom stereocenters. The Hall–Kier alpha value is -1.29. The predicted molar refractivity (Wildman–Crippen MR) is 81.6 cm³/mol. The predicted octanol–water partition coefficient (Wildman–Crippen LogP) is 3.42. The number of rotatable bonds is 6. The van der Waals surface area contributed by atoms with Crippen molar-refractivity contribution in [2.45, 2.75) is 65.0 Å². The number of nitrogens with one attached hydrogen (secondary N) is 1. The van der Waals surface area contributed by atoms with Crippen molar-refractivity contribution in [3.63, 3.8) is 0 Å². The van der Waals surface area contributed by atoms with Gasteiger partial charge in [0.05, 0.1) is 6.26 Å². The Balaban J connectivity index is 1.86. The van der Waals surface area contributed by atoms with Crippen LogP contribution in [-0.4, -0.2) is 17.1 Å². The van der Waals surface area contributed by atoms with E-state index in [0.717, 1.165) is 12.8 Å². The molecule has 21 heavy (non-hydrogen) atoms. The maximum absolute atomic E-state index is 12.5. The van der Waals surface area contributed by atoms with Crippen molar-refractivity contribution >= 4 is 5.91 Å². The molecule has 0 saturated heterocycles. The molecule has 1 aliphatic rings. The van der Waals surface area contributed by atoms with Gasteiger partial charge in [-0.1, -0.05) is 26.7 Å². The molecule has 1 fully saturated rings. The first-order valence-electron chi connectivity index (χ1n) is 7.93. The third kappa shape index (κ3) is 3.88. The summed E-state index contributed by atoms with van der Waals surface area (Å²) in [5.74, 6) is 1.11. The second-order valence-electron chi connectivity index (χ2n) is 6.84. The molecule has 118 valence electrons. The van der Waals surface area contributed by atoms with Crippen LogP contribution in [0.1, 0.15) is 64.7 Å². The SMILES string of the molecule is CC(CC(O)c1ccco1)NC(=O)C(C)(C)C1CCCC1. The molecule has 0 radical (unpaired) electrons. The molecule has 1 saturated carbocycles. The van der Waals surface area contributed by atoms with E-state index in [0.29, 0.717) is 18.1 Å². The lowest BCUT2D eigenvalue weighted by Gasteiger charge is -2.32. The van der Waals surface area contributed by atoms with E-state index in [2.05, 4.69) is 5.32 Å². The summed E-state index contributed by atoms with van der Waals surface area (Å²) < 4.78 is 5.19. The topological polar surface area (TPSA) is 62.5 Å². The lowest BCUT2D eigenvalue weighted by atomic mass is 9.77. The van der Waals surface area contributed by atoms with Crippen molar-refractivity contribution in [2.24, 2.45) is 11.3 Å². The Morgan fingerprint density at radius 2 is 2.14 bits per heavy atom. The van der Waals surface area contributed by atoms with Crippen LogP contribution in [0.3, 0.4) is 0 Å². The summed E-state index contributed by atoms with van der Waals surface area (Å²) in [6.45, 7) is 6.00. The normalized spacial score (nSPS) is 19.4. The van der Waals surface area contributed by atoms with Crippen LogP contribution in [0.25, 0.3) is 0 Å². The lowest BCUT2D eigenvalue weighted by Crippen LogP contribution is -2.45. The number of carbonyl (C=O) groups is 1. The van der Waals surface area contributed by atoms with Crippen molar-refractivity contribution in [1.82, 2.24) is 5.32 Å². The second kappa shape index (κ2) is 6.65. The van der Waals surface area contributed by atoms with Gasteiger partial charge in [0.2, 0.25) is 5.91 Å². The fraction of sp³-hybridized carbons (Fsp3) is 0.706. The fourth-order valence-corrected chi connectivity index (χ4v) is 3.23. The first-order chi connectivity index (χ1) is 9.91. The Labute approximate surface area is 126 Å². The molecule has 0 aliphatic heterocycles. The van der Waals surface area contributed by atoms with Gasteiger partial charge < -0.3 is 14.8 Å². The Morgan fingerprint density at radius 3 is 2.71 bits per heavy atom. The molecule has 0 aromatic carbocycles. The van der Waals surface area contributed by atoms with Crippen molar-refractivity contribution in [2.75, 3.05) is 0 Å². The Morgan fingerprint density at radius 1 is 1.48 bits per heavy atom. The van der Waals surface area contributed by atoms with Gasteiger partial charge in [-0.25, -0.2) is 0 Å². The number of amides is 1. The van der Waals surface area contributed by atoms with Crippen LogP contribution in [0.2, 0.25) is 0 Å². The summed E-state index contributed by atoms with van der Waals surface area (Å²) in [5, 5.41) is 13.1. The maximum atomic E-state index is 12.5. The van der Waals surface area contributed by atoms with Crippen LogP contribution in [0.5, 0.6) is 0 Å². The highest BCUT2D eigenvalue weighted by molar-refractivity contribution is 5.82. The minimum absolute atomic E-state index is 0.0849. The van der Waals surface area contributed by atoms with Crippen LogP contribution in [-0.2, 0) is 4.79 Å². The number of hydrogen-bond donors (Lipinski definition) is 2. The maximum Gasteiger partial charge on any atom is 0.226 e. The molecule has 4 nitrogen and oxygen atoms in total. The summed E-state index contributed by atoms with van der Waals surface area (Å²) >= 11 is 0. The Kier molecular flexibility index (Phi) is 5.09. The van der Waals surface area contributed by atoms with Crippen LogP contribution < -0.4 is 5.32 Å². The molecule has 1 aromatic rings. The fourth-order valence-electron chi connectivity index (χ4n) is 3.23. The number of hydrogen-bond acceptors (Lipinski definition) is 3. The zero-order chi connectivity index (χ0) is 15.5. The number of aliphatic hydroxyl groups is 1. The third-order valence-corrected chi connectivity index (χ3v) is 4.79. The highest BCUT2D eigenvalue weighted by Crippen LogP contribution is 2.39. The zero-order valence-corrected chi connectivity index (χ0v) is 13.3. The van der Waals surface area contributed by atoms with E-state index in [4.69, 9.17) is 4.42 Å². The molecule has 0 spiro atoms. The van der Waals surface area contributed by atoms with Gasteiger partial charge in [0, 0.05) is 17.9 Å². The zero-order valence-electron chi connectivity index (χ0n) is 13.3. The lowest BCUT2D eigenvalue weighted by molar-refractivity contribution is -0.132. The molecule has 4 heteroatoms. The quantitative estimate of drug-likeness (QED) is 0.844. The highest BCUT2D eigenvalue weighted by Gasteiger charge is 2.38. The monoisotopic (exact) mass is 293 g/mol. The molecule has 0 bridgehead atoms. The van der Waals surface area contributed by atoms with Crippen molar-refractivity contribution < 1.29 is 14.3 Å². The highest BCUT2D eigenvalue weighted by atomic mass is 16.4. The summed E-state index contributed by atoms with van der Waals surface area (Å²) in [4.78, 5) is 12.5. The van der Waals surface area contributed by atoms with E-state index < -0.39 is 6.10 Å². The second-order valence-corrected chi connectivity index (χ2v) is 6.84. The summed E-state index contributed by atoms with van der Waals surface area (Å²) in [5.41, 5.74) is -0.333. The third-order valence-electron chi connectivity index (χ3n) is 4.79. The smallest absolute Gasteiger partial charge is 0.226 e. The molecule has 1 heterocycles. The molecule has 2 unspecified atom stereocenters. The molecule has 1 aliphatic carbocycles.